The molecule has 0 aromatic heterocycles. The van der Waals surface area contributed by atoms with Crippen molar-refractivity contribution in [3.8, 4) is 5.75 Å². The van der Waals surface area contributed by atoms with Crippen LogP contribution >= 0.6 is 0 Å². The van der Waals surface area contributed by atoms with Crippen molar-refractivity contribution in [3.05, 3.63) is 63.5 Å². The molecule has 0 bridgehead atoms. The van der Waals surface area contributed by atoms with Crippen LogP contribution in [0.3, 0.4) is 0 Å². The van der Waals surface area contributed by atoms with Gasteiger partial charge in [0, 0.05) is 23.9 Å². The first-order valence-corrected chi connectivity index (χ1v) is 5.93. The number of halogens is 1. The number of anilines is 1. The summed E-state index contributed by atoms with van der Waals surface area (Å²) < 4.78 is 13.2. The molecule has 2 N–H and O–H groups in total. The van der Waals surface area contributed by atoms with Gasteiger partial charge in [-0.25, -0.2) is 4.39 Å². The van der Waals surface area contributed by atoms with Crippen molar-refractivity contribution in [2.45, 2.75) is 13.5 Å². The van der Waals surface area contributed by atoms with Crippen LogP contribution in [-0.2, 0) is 6.54 Å². The zero-order valence-corrected chi connectivity index (χ0v) is 10.8. The van der Waals surface area contributed by atoms with Crippen LogP contribution < -0.4 is 5.32 Å². The van der Waals surface area contributed by atoms with Gasteiger partial charge in [0.05, 0.1) is 4.92 Å². The molecule has 0 aliphatic rings. The quantitative estimate of drug-likeness (QED) is 0.663. The second kappa shape index (κ2) is 5.56. The van der Waals surface area contributed by atoms with Crippen LogP contribution in [0.25, 0.3) is 0 Å². The minimum Gasteiger partial charge on any atom is -0.505 e. The molecule has 0 aliphatic heterocycles. The predicted molar refractivity (Wildman–Crippen MR) is 73.2 cm³/mol. The molecule has 20 heavy (non-hydrogen) atoms. The van der Waals surface area contributed by atoms with E-state index in [1.54, 1.807) is 25.1 Å². The number of hydrogen-bond acceptors (Lipinski definition) is 4. The lowest BCUT2D eigenvalue weighted by Gasteiger charge is -2.08. The fraction of sp³-hybridized carbons (Fsp3) is 0.143. The molecular weight excluding hydrogens is 263 g/mol. The van der Waals surface area contributed by atoms with Crippen molar-refractivity contribution in [2.75, 3.05) is 5.32 Å². The van der Waals surface area contributed by atoms with Crippen LogP contribution in [0.15, 0.2) is 36.4 Å². The zero-order valence-electron chi connectivity index (χ0n) is 10.8. The molecule has 2 aromatic rings. The minimum atomic E-state index is -0.695. The van der Waals surface area contributed by atoms with Crippen LogP contribution in [0.2, 0.25) is 0 Å². The Morgan fingerprint density at radius 3 is 2.70 bits per heavy atom. The molecule has 104 valence electrons. The number of hydrogen-bond donors (Lipinski definition) is 2. The Hall–Kier alpha value is -2.63. The molecule has 0 radical (unpaired) electrons. The Morgan fingerprint density at radius 2 is 2.05 bits per heavy atom. The number of nitrogens with zero attached hydrogens (tertiary/aromatic N) is 1. The highest BCUT2D eigenvalue weighted by molar-refractivity contribution is 5.55. The van der Waals surface area contributed by atoms with Gasteiger partial charge in [-0.3, -0.25) is 10.1 Å². The molecule has 0 saturated carbocycles. The molecule has 0 saturated heterocycles. The highest BCUT2D eigenvalue weighted by atomic mass is 19.1. The van der Waals surface area contributed by atoms with Gasteiger partial charge in [0.15, 0.2) is 11.6 Å². The number of benzene rings is 2. The number of rotatable bonds is 4. The van der Waals surface area contributed by atoms with Crippen LogP contribution in [0.4, 0.5) is 15.8 Å². The second-order valence-corrected chi connectivity index (χ2v) is 4.40. The average molecular weight is 276 g/mol. The lowest BCUT2D eigenvalue weighted by molar-refractivity contribution is -0.385. The Morgan fingerprint density at radius 1 is 1.30 bits per heavy atom. The van der Waals surface area contributed by atoms with Crippen molar-refractivity contribution in [1.29, 1.82) is 0 Å². The number of nitrogens with one attached hydrogen (secondary N) is 1. The highest BCUT2D eigenvalue weighted by Gasteiger charge is 2.10. The maximum atomic E-state index is 13.2. The Bertz CT molecular complexity index is 659. The Kier molecular flexibility index (Phi) is 3.84. The maximum Gasteiger partial charge on any atom is 0.274 e. The third kappa shape index (κ3) is 3.03. The van der Waals surface area contributed by atoms with E-state index in [1.165, 1.54) is 18.2 Å². The van der Waals surface area contributed by atoms with Crippen molar-refractivity contribution in [2.24, 2.45) is 0 Å². The van der Waals surface area contributed by atoms with E-state index in [0.29, 0.717) is 23.4 Å². The summed E-state index contributed by atoms with van der Waals surface area (Å²) in [5.74, 6) is -1.10. The number of aryl methyl sites for hydroxylation is 1. The monoisotopic (exact) mass is 276 g/mol. The summed E-state index contributed by atoms with van der Waals surface area (Å²) in [5, 5.41) is 22.9. The van der Waals surface area contributed by atoms with E-state index in [2.05, 4.69) is 5.32 Å². The van der Waals surface area contributed by atoms with Gasteiger partial charge in [-0.05, 0) is 30.7 Å². The third-order valence-electron chi connectivity index (χ3n) is 2.91. The van der Waals surface area contributed by atoms with Crippen LogP contribution in [0, 0.1) is 22.9 Å². The van der Waals surface area contributed by atoms with Crippen LogP contribution in [0.5, 0.6) is 5.75 Å². The summed E-state index contributed by atoms with van der Waals surface area (Å²) in [6.07, 6.45) is 0. The average Bonchev–Trinajstić information content (AvgIpc) is 2.41. The zero-order chi connectivity index (χ0) is 14.7. The number of phenolic OH excluding ortho intramolecular Hbond substituents is 1. The first kappa shape index (κ1) is 13.8. The molecule has 6 heteroatoms. The van der Waals surface area contributed by atoms with Gasteiger partial charge in [0.25, 0.3) is 5.69 Å². The molecule has 2 rings (SSSR count). The Labute approximate surface area is 114 Å². The summed E-state index contributed by atoms with van der Waals surface area (Å²) in [4.78, 5) is 10.4. The van der Waals surface area contributed by atoms with Gasteiger partial charge in [0.1, 0.15) is 0 Å². The smallest absolute Gasteiger partial charge is 0.274 e. The fourth-order valence-electron chi connectivity index (χ4n) is 1.78. The predicted octanol–water partition coefficient (Wildman–Crippen LogP) is 3.36. The molecule has 0 amide bonds. The molecule has 0 aliphatic carbocycles. The molecule has 5 nitrogen and oxygen atoms in total. The molecular formula is C14H13FN2O3. The van der Waals surface area contributed by atoms with Crippen LogP contribution in [-0.4, -0.2) is 10.0 Å². The lowest BCUT2D eigenvalue weighted by Crippen LogP contribution is -2.01. The molecule has 0 heterocycles. The minimum absolute atomic E-state index is 0.0342. The van der Waals surface area contributed by atoms with Crippen molar-refractivity contribution < 1.29 is 14.4 Å². The topological polar surface area (TPSA) is 75.4 Å². The summed E-state index contributed by atoms with van der Waals surface area (Å²) in [6.45, 7) is 1.97. The normalized spacial score (nSPS) is 10.3. The van der Waals surface area contributed by atoms with Crippen LogP contribution in [0.1, 0.15) is 11.1 Å². The standard InChI is InChI=1S/C14H13FN2O3/c1-9-2-4-11(7-13(9)17(19)20)16-8-10-3-5-14(18)12(15)6-10/h2-7,16,18H,8H2,1H3. The number of nitro benzene ring substituents is 1. The van der Waals surface area contributed by atoms with E-state index >= 15 is 0 Å². The van der Waals surface area contributed by atoms with E-state index < -0.39 is 16.5 Å². The van der Waals surface area contributed by atoms with E-state index in [9.17, 15) is 14.5 Å². The van der Waals surface area contributed by atoms with Gasteiger partial charge in [-0.15, -0.1) is 0 Å². The number of aromatic hydroxyl groups is 1. The van der Waals surface area contributed by atoms with Gasteiger partial charge in [-0.2, -0.15) is 0 Å². The van der Waals surface area contributed by atoms with Crippen molar-refractivity contribution >= 4 is 11.4 Å². The molecule has 2 aromatic carbocycles. The number of phenols is 1. The van der Waals surface area contributed by atoms with Gasteiger partial charge in [-0.1, -0.05) is 12.1 Å². The van der Waals surface area contributed by atoms with Crippen molar-refractivity contribution in [1.82, 2.24) is 0 Å². The number of nitro groups is 1. The fourth-order valence-corrected chi connectivity index (χ4v) is 1.78. The van der Waals surface area contributed by atoms with E-state index in [0.717, 1.165) is 0 Å². The first-order chi connectivity index (χ1) is 9.47. The summed E-state index contributed by atoms with van der Waals surface area (Å²) in [7, 11) is 0. The van der Waals surface area contributed by atoms with Crippen molar-refractivity contribution in [3.63, 3.8) is 0 Å². The highest BCUT2D eigenvalue weighted by Crippen LogP contribution is 2.23. The molecule has 0 unspecified atom stereocenters. The van der Waals surface area contributed by atoms with E-state index in [1.807, 2.05) is 0 Å². The summed E-state index contributed by atoms with van der Waals surface area (Å²) >= 11 is 0. The maximum absolute atomic E-state index is 13.2. The second-order valence-electron chi connectivity index (χ2n) is 4.40. The SMILES string of the molecule is Cc1ccc(NCc2ccc(O)c(F)c2)cc1[N+](=O)[O-]. The lowest BCUT2D eigenvalue weighted by atomic mass is 10.1. The van der Waals surface area contributed by atoms with E-state index in [4.69, 9.17) is 5.11 Å². The molecule has 0 fully saturated rings. The van der Waals surface area contributed by atoms with Gasteiger partial charge < -0.3 is 10.4 Å². The molecule has 0 atom stereocenters. The van der Waals surface area contributed by atoms with E-state index in [-0.39, 0.29) is 5.69 Å². The van der Waals surface area contributed by atoms with Gasteiger partial charge in [0.2, 0.25) is 0 Å². The molecule has 0 spiro atoms. The Balaban J connectivity index is 2.12. The summed E-state index contributed by atoms with van der Waals surface area (Å²) in [6, 6.07) is 8.87. The first-order valence-electron chi connectivity index (χ1n) is 5.93. The van der Waals surface area contributed by atoms with Gasteiger partial charge >= 0.3 is 0 Å². The summed E-state index contributed by atoms with van der Waals surface area (Å²) in [5.41, 5.74) is 1.82. The largest absolute Gasteiger partial charge is 0.505 e. The third-order valence-corrected chi connectivity index (χ3v) is 2.91.